The van der Waals surface area contributed by atoms with Gasteiger partial charge in [-0.2, -0.15) is 0 Å². The summed E-state index contributed by atoms with van der Waals surface area (Å²) in [7, 11) is -3.89. The number of rotatable bonds is 7. The van der Waals surface area contributed by atoms with Gasteiger partial charge in [-0.3, -0.25) is 0 Å². The zero-order valence-corrected chi connectivity index (χ0v) is 13.3. The molecule has 20 heavy (non-hydrogen) atoms. The SMILES string of the molecule is O=S(=O)(NCCCC1CC1)c1cc(Br)cc(CO)c1F. The Hall–Kier alpha value is -0.500. The molecular weight excluding hydrogens is 349 g/mol. The number of nitrogens with one attached hydrogen (secondary N) is 1. The fourth-order valence-electron chi connectivity index (χ4n) is 2.01. The minimum atomic E-state index is -3.89. The summed E-state index contributed by atoms with van der Waals surface area (Å²) in [5, 5.41) is 9.04. The highest BCUT2D eigenvalue weighted by molar-refractivity contribution is 9.10. The Morgan fingerprint density at radius 2 is 2.10 bits per heavy atom. The number of sulfonamides is 1. The standard InChI is InChI=1S/C13H17BrFNO3S/c14-11-6-10(8-17)13(15)12(7-11)20(18,19)16-5-1-2-9-3-4-9/h6-7,9,16-17H,1-5,8H2. The lowest BCUT2D eigenvalue weighted by molar-refractivity contribution is 0.274. The van der Waals surface area contributed by atoms with E-state index in [4.69, 9.17) is 5.11 Å². The fourth-order valence-corrected chi connectivity index (χ4v) is 3.88. The summed E-state index contributed by atoms with van der Waals surface area (Å²) in [6.45, 7) is -0.241. The van der Waals surface area contributed by atoms with E-state index in [-0.39, 0.29) is 5.56 Å². The van der Waals surface area contributed by atoms with Gasteiger partial charge in [0.25, 0.3) is 0 Å². The van der Waals surface area contributed by atoms with Crippen molar-refractivity contribution in [1.29, 1.82) is 0 Å². The lowest BCUT2D eigenvalue weighted by Gasteiger charge is -2.10. The van der Waals surface area contributed by atoms with Gasteiger partial charge in [0.15, 0.2) is 0 Å². The van der Waals surface area contributed by atoms with Gasteiger partial charge in [-0.25, -0.2) is 17.5 Å². The van der Waals surface area contributed by atoms with E-state index < -0.39 is 27.3 Å². The van der Waals surface area contributed by atoms with Crippen LogP contribution in [0, 0.1) is 11.7 Å². The number of halogens is 2. The molecule has 1 aromatic carbocycles. The smallest absolute Gasteiger partial charge is 0.243 e. The van der Waals surface area contributed by atoms with E-state index in [9.17, 15) is 12.8 Å². The van der Waals surface area contributed by atoms with Gasteiger partial charge in [0.05, 0.1) is 6.61 Å². The second-order valence-electron chi connectivity index (χ2n) is 5.02. The highest BCUT2D eigenvalue weighted by atomic mass is 79.9. The molecule has 2 N–H and O–H groups in total. The van der Waals surface area contributed by atoms with Crippen LogP contribution in [0.2, 0.25) is 0 Å². The van der Waals surface area contributed by atoms with E-state index in [0.29, 0.717) is 11.0 Å². The molecular formula is C13H17BrFNO3S. The molecule has 0 spiro atoms. The van der Waals surface area contributed by atoms with Crippen molar-refractivity contribution in [2.75, 3.05) is 6.54 Å². The molecule has 1 saturated carbocycles. The van der Waals surface area contributed by atoms with E-state index in [0.717, 1.165) is 18.8 Å². The fraction of sp³-hybridized carbons (Fsp3) is 0.538. The molecule has 0 aromatic heterocycles. The van der Waals surface area contributed by atoms with Crippen LogP contribution in [-0.2, 0) is 16.6 Å². The summed E-state index contributed by atoms with van der Waals surface area (Å²) in [4.78, 5) is -0.428. The molecule has 112 valence electrons. The topological polar surface area (TPSA) is 66.4 Å². The van der Waals surface area contributed by atoms with Crippen LogP contribution in [0.5, 0.6) is 0 Å². The van der Waals surface area contributed by atoms with Gasteiger partial charge in [-0.15, -0.1) is 0 Å². The van der Waals surface area contributed by atoms with Crippen LogP contribution in [0.4, 0.5) is 4.39 Å². The first-order valence-corrected chi connectivity index (χ1v) is 8.80. The van der Waals surface area contributed by atoms with E-state index in [2.05, 4.69) is 20.7 Å². The molecule has 0 radical (unpaired) electrons. The first-order chi connectivity index (χ1) is 9.44. The summed E-state index contributed by atoms with van der Waals surface area (Å²) in [5.41, 5.74) is -0.0438. The quantitative estimate of drug-likeness (QED) is 0.729. The monoisotopic (exact) mass is 365 g/mol. The van der Waals surface area contributed by atoms with Crippen molar-refractivity contribution >= 4 is 26.0 Å². The van der Waals surface area contributed by atoms with Crippen LogP contribution in [-0.4, -0.2) is 20.1 Å². The average Bonchev–Trinajstić information content (AvgIpc) is 3.21. The lowest BCUT2D eigenvalue weighted by atomic mass is 10.2. The maximum Gasteiger partial charge on any atom is 0.243 e. The zero-order chi connectivity index (χ0) is 14.8. The van der Waals surface area contributed by atoms with Gasteiger partial charge < -0.3 is 5.11 Å². The lowest BCUT2D eigenvalue weighted by Crippen LogP contribution is -2.26. The predicted molar refractivity (Wildman–Crippen MR) is 77.2 cm³/mol. The molecule has 1 aliphatic carbocycles. The maximum atomic E-state index is 14.0. The highest BCUT2D eigenvalue weighted by Crippen LogP contribution is 2.33. The number of aliphatic hydroxyl groups excluding tert-OH is 1. The second-order valence-corrected chi connectivity index (χ2v) is 7.67. The minimum absolute atomic E-state index is 0.0438. The number of aliphatic hydroxyl groups is 1. The van der Waals surface area contributed by atoms with Crippen molar-refractivity contribution < 1.29 is 17.9 Å². The third-order valence-corrected chi connectivity index (χ3v) is 5.24. The van der Waals surface area contributed by atoms with Crippen molar-refractivity contribution in [2.45, 2.75) is 37.2 Å². The summed E-state index contributed by atoms with van der Waals surface area (Å²) >= 11 is 3.12. The Kier molecular flexibility index (Phi) is 5.17. The van der Waals surface area contributed by atoms with Crippen molar-refractivity contribution in [3.05, 3.63) is 28.0 Å². The van der Waals surface area contributed by atoms with Gasteiger partial charge >= 0.3 is 0 Å². The van der Waals surface area contributed by atoms with Gasteiger partial charge in [0.1, 0.15) is 10.7 Å². The van der Waals surface area contributed by atoms with Crippen molar-refractivity contribution in [2.24, 2.45) is 5.92 Å². The van der Waals surface area contributed by atoms with Crippen LogP contribution in [0.25, 0.3) is 0 Å². The van der Waals surface area contributed by atoms with E-state index in [1.165, 1.54) is 25.0 Å². The number of hydrogen-bond donors (Lipinski definition) is 2. The first kappa shape index (κ1) is 15.9. The van der Waals surface area contributed by atoms with E-state index in [1.807, 2.05) is 0 Å². The summed E-state index contributed by atoms with van der Waals surface area (Å²) in [5.74, 6) is -0.159. The molecule has 1 fully saturated rings. The molecule has 0 unspecified atom stereocenters. The zero-order valence-electron chi connectivity index (χ0n) is 10.9. The second kappa shape index (κ2) is 6.51. The minimum Gasteiger partial charge on any atom is -0.392 e. The Morgan fingerprint density at radius 1 is 1.40 bits per heavy atom. The maximum absolute atomic E-state index is 14.0. The van der Waals surface area contributed by atoms with Crippen LogP contribution in [0.3, 0.4) is 0 Å². The largest absolute Gasteiger partial charge is 0.392 e. The number of hydrogen-bond acceptors (Lipinski definition) is 3. The highest BCUT2D eigenvalue weighted by Gasteiger charge is 2.23. The summed E-state index contributed by atoms with van der Waals surface area (Å²) < 4.78 is 41.0. The van der Waals surface area contributed by atoms with Crippen LogP contribution in [0.15, 0.2) is 21.5 Å². The van der Waals surface area contributed by atoms with Crippen LogP contribution < -0.4 is 4.72 Å². The average molecular weight is 366 g/mol. The normalized spacial score (nSPS) is 15.6. The molecule has 0 heterocycles. The van der Waals surface area contributed by atoms with E-state index >= 15 is 0 Å². The van der Waals surface area contributed by atoms with Gasteiger partial charge in [0, 0.05) is 16.6 Å². The number of benzene rings is 1. The van der Waals surface area contributed by atoms with Crippen molar-refractivity contribution in [3.8, 4) is 0 Å². The van der Waals surface area contributed by atoms with E-state index in [1.54, 1.807) is 0 Å². The Labute approximate surface area is 126 Å². The molecule has 0 amide bonds. The first-order valence-electron chi connectivity index (χ1n) is 6.52. The Morgan fingerprint density at radius 3 is 2.70 bits per heavy atom. The van der Waals surface area contributed by atoms with Gasteiger partial charge in [-0.05, 0) is 30.9 Å². The predicted octanol–water partition coefficient (Wildman–Crippen LogP) is 2.55. The van der Waals surface area contributed by atoms with Crippen molar-refractivity contribution in [1.82, 2.24) is 4.72 Å². The van der Waals surface area contributed by atoms with Gasteiger partial charge in [-0.1, -0.05) is 28.8 Å². The molecule has 0 aliphatic heterocycles. The van der Waals surface area contributed by atoms with Crippen LogP contribution in [0.1, 0.15) is 31.2 Å². The van der Waals surface area contributed by atoms with Crippen LogP contribution >= 0.6 is 15.9 Å². The third kappa shape index (κ3) is 4.00. The molecule has 0 atom stereocenters. The summed E-state index contributed by atoms with van der Waals surface area (Å²) in [6, 6.07) is 2.57. The van der Waals surface area contributed by atoms with Crippen molar-refractivity contribution in [3.63, 3.8) is 0 Å². The molecule has 1 aliphatic rings. The summed E-state index contributed by atoms with van der Waals surface area (Å²) in [6.07, 6.45) is 4.22. The third-order valence-electron chi connectivity index (χ3n) is 3.32. The van der Waals surface area contributed by atoms with Gasteiger partial charge in [0.2, 0.25) is 10.0 Å². The molecule has 0 saturated heterocycles. The molecule has 2 rings (SSSR count). The molecule has 1 aromatic rings. The molecule has 7 heteroatoms. The molecule has 4 nitrogen and oxygen atoms in total. The molecule has 0 bridgehead atoms. The Bertz CT molecular complexity index is 588. The Balaban J connectivity index is 2.09.